The van der Waals surface area contributed by atoms with E-state index in [1.54, 1.807) is 0 Å². The van der Waals surface area contributed by atoms with E-state index in [2.05, 4.69) is 0 Å². The standard InChI is InChI=1S/C3F7.BF4/c4-1(5)2(6,7)3(8,9)10;2-1(3,4)5/q;-1. The molecule has 0 aromatic heterocycles. The van der Waals surface area contributed by atoms with Crippen molar-refractivity contribution in [2.75, 3.05) is 0 Å². The summed E-state index contributed by atoms with van der Waals surface area (Å²) in [5.74, 6) is -5.98. The molecule has 0 aliphatic rings. The lowest BCUT2D eigenvalue weighted by atomic mass is 10.3. The highest BCUT2D eigenvalue weighted by atomic mass is 19.5. The molecule has 0 aromatic carbocycles. The van der Waals surface area contributed by atoms with E-state index in [1.165, 1.54) is 0 Å². The zero-order valence-corrected chi connectivity index (χ0v) is 6.23. The molecule has 0 aromatic rings. The zero-order chi connectivity index (χ0) is 13.1. The lowest BCUT2D eigenvalue weighted by Crippen LogP contribution is -2.39. The van der Waals surface area contributed by atoms with Gasteiger partial charge in [0.25, 0.3) is 0 Å². The average Bonchev–Trinajstić information content (AvgIpc) is 1.79. The second-order valence-electron chi connectivity index (χ2n) is 1.83. The molecule has 0 amide bonds. The highest BCUT2D eigenvalue weighted by Gasteiger charge is 2.65. The van der Waals surface area contributed by atoms with Gasteiger partial charge in [-0.15, -0.1) is 0 Å². The van der Waals surface area contributed by atoms with Crippen LogP contribution in [0.4, 0.5) is 48.0 Å². The number of hydrogen-bond acceptors (Lipinski definition) is 0. The highest BCUT2D eigenvalue weighted by molar-refractivity contribution is 6.50. The van der Waals surface area contributed by atoms with Crippen LogP contribution in [0, 0.1) is 6.43 Å². The van der Waals surface area contributed by atoms with E-state index < -0.39 is 25.8 Å². The maximum atomic E-state index is 11.1. The lowest BCUT2D eigenvalue weighted by Gasteiger charge is -2.16. The van der Waals surface area contributed by atoms with E-state index >= 15 is 0 Å². The number of hydrogen-bond donors (Lipinski definition) is 0. The van der Waals surface area contributed by atoms with Gasteiger partial charge in [0.15, 0.2) is 0 Å². The van der Waals surface area contributed by atoms with Crippen LogP contribution >= 0.6 is 0 Å². The van der Waals surface area contributed by atoms with Crippen LogP contribution in [0.25, 0.3) is 0 Å². The molecule has 0 nitrogen and oxygen atoms in total. The monoisotopic (exact) mass is 256 g/mol. The van der Waals surface area contributed by atoms with E-state index in [4.69, 9.17) is 0 Å². The Morgan fingerprint density at radius 2 is 0.933 bits per heavy atom. The van der Waals surface area contributed by atoms with Gasteiger partial charge in [-0.3, -0.25) is 0 Å². The Balaban J connectivity index is 0. The van der Waals surface area contributed by atoms with Crippen LogP contribution in [0.3, 0.4) is 0 Å². The third-order valence-corrected chi connectivity index (χ3v) is 0.593. The van der Waals surface area contributed by atoms with Gasteiger partial charge in [0.2, 0.25) is 0 Å². The van der Waals surface area contributed by atoms with Crippen molar-refractivity contribution in [3.63, 3.8) is 0 Å². The van der Waals surface area contributed by atoms with Crippen LogP contribution in [0.15, 0.2) is 0 Å². The van der Waals surface area contributed by atoms with Crippen molar-refractivity contribution < 1.29 is 48.0 Å². The molecule has 93 valence electrons. The number of halogens is 11. The molecule has 0 bridgehead atoms. The third kappa shape index (κ3) is 8.30. The van der Waals surface area contributed by atoms with Gasteiger partial charge in [-0.05, 0) is 0 Å². The molecular weight excluding hydrogens is 256 g/mol. The first kappa shape index (κ1) is 16.7. The SMILES string of the molecule is F[B-](F)(F)F.F[C](F)C(F)(F)C(F)(F)F. The fourth-order valence-corrected chi connectivity index (χ4v) is 0.107. The summed E-state index contributed by atoms with van der Waals surface area (Å²) < 4.78 is 115. The van der Waals surface area contributed by atoms with Crippen molar-refractivity contribution in [1.82, 2.24) is 0 Å². The molecule has 0 heterocycles. The summed E-state index contributed by atoms with van der Waals surface area (Å²) in [6, 6.07) is 0. The van der Waals surface area contributed by atoms with Crippen LogP contribution in [0.2, 0.25) is 0 Å². The number of rotatable bonds is 1. The Hall–Kier alpha value is -0.705. The molecular formula is C3BF11-. The minimum absolute atomic E-state index is 3.94. The summed E-state index contributed by atoms with van der Waals surface area (Å²) in [6.45, 7) is 0. The number of alkyl halides is 5. The van der Waals surface area contributed by atoms with Crippen molar-refractivity contribution in [1.29, 1.82) is 0 Å². The molecule has 0 spiro atoms. The molecule has 0 N–H and O–H groups in total. The van der Waals surface area contributed by atoms with Crippen molar-refractivity contribution in [3.8, 4) is 0 Å². The summed E-state index contributed by atoms with van der Waals surface area (Å²) >= 11 is 0. The first-order chi connectivity index (χ1) is 6.19. The molecule has 1 radical (unpaired) electrons. The summed E-state index contributed by atoms with van der Waals surface area (Å²) in [6.07, 6.45) is -10.1. The molecule has 15 heavy (non-hydrogen) atoms. The van der Waals surface area contributed by atoms with Crippen LogP contribution < -0.4 is 0 Å². The molecule has 0 unspecified atom stereocenters. The van der Waals surface area contributed by atoms with Crippen molar-refractivity contribution in [2.24, 2.45) is 0 Å². The van der Waals surface area contributed by atoms with E-state index in [0.717, 1.165) is 0 Å². The molecule has 12 heteroatoms. The fourth-order valence-electron chi connectivity index (χ4n) is 0.107. The van der Waals surface area contributed by atoms with Gasteiger partial charge in [-0.1, -0.05) is 0 Å². The zero-order valence-electron chi connectivity index (χ0n) is 6.23. The van der Waals surface area contributed by atoms with Crippen LogP contribution in [0.5, 0.6) is 0 Å². The normalized spacial score (nSPS) is 13.6. The average molecular weight is 256 g/mol. The van der Waals surface area contributed by atoms with E-state index in [1.807, 2.05) is 0 Å². The second kappa shape index (κ2) is 4.88. The van der Waals surface area contributed by atoms with Crippen LogP contribution in [0.1, 0.15) is 0 Å². The van der Waals surface area contributed by atoms with Gasteiger partial charge >= 0.3 is 25.8 Å². The van der Waals surface area contributed by atoms with Crippen molar-refractivity contribution >= 4 is 7.25 Å². The van der Waals surface area contributed by atoms with Crippen molar-refractivity contribution in [3.05, 3.63) is 6.43 Å². The predicted octanol–water partition coefficient (Wildman–Crippen LogP) is 3.91. The van der Waals surface area contributed by atoms with Crippen molar-refractivity contribution in [2.45, 2.75) is 12.1 Å². The fraction of sp³-hybridized carbons (Fsp3) is 0.667. The maximum Gasteiger partial charge on any atom is 0.673 e. The Bertz CT molecular complexity index is 169. The summed E-state index contributed by atoms with van der Waals surface area (Å²) in [7, 11) is -6.00. The topological polar surface area (TPSA) is 0 Å². The highest BCUT2D eigenvalue weighted by Crippen LogP contribution is 2.43. The molecule has 0 fully saturated rings. The Labute approximate surface area is 75.2 Å². The largest absolute Gasteiger partial charge is 0.673 e. The van der Waals surface area contributed by atoms with Gasteiger partial charge in [0.05, 0.1) is 0 Å². The Kier molecular flexibility index (Phi) is 5.44. The Morgan fingerprint density at radius 1 is 0.733 bits per heavy atom. The Morgan fingerprint density at radius 3 is 0.933 bits per heavy atom. The smallest absolute Gasteiger partial charge is 0.418 e. The molecule has 0 aliphatic heterocycles. The van der Waals surface area contributed by atoms with Gasteiger partial charge in [0, 0.05) is 0 Å². The quantitative estimate of drug-likeness (QED) is 0.492. The van der Waals surface area contributed by atoms with Crippen LogP contribution in [-0.2, 0) is 0 Å². The van der Waals surface area contributed by atoms with E-state index in [0.29, 0.717) is 0 Å². The molecule has 0 saturated heterocycles. The minimum Gasteiger partial charge on any atom is -0.418 e. The summed E-state index contributed by atoms with van der Waals surface area (Å²) in [5.41, 5.74) is 0. The van der Waals surface area contributed by atoms with E-state index in [9.17, 15) is 48.0 Å². The lowest BCUT2D eigenvalue weighted by molar-refractivity contribution is -0.294. The maximum absolute atomic E-state index is 11.1. The third-order valence-electron chi connectivity index (χ3n) is 0.593. The molecule has 0 rings (SSSR count). The first-order valence-electron chi connectivity index (χ1n) is 2.70. The van der Waals surface area contributed by atoms with Gasteiger partial charge in [-0.2, -0.15) is 30.7 Å². The summed E-state index contributed by atoms with van der Waals surface area (Å²) in [4.78, 5) is 0. The molecule has 0 saturated carbocycles. The second-order valence-corrected chi connectivity index (χ2v) is 1.83. The van der Waals surface area contributed by atoms with Gasteiger partial charge in [0.1, 0.15) is 0 Å². The molecule has 0 atom stereocenters. The van der Waals surface area contributed by atoms with E-state index in [-0.39, 0.29) is 0 Å². The predicted molar refractivity (Wildman–Crippen MR) is 26.6 cm³/mol. The minimum atomic E-state index is -6.20. The van der Waals surface area contributed by atoms with Gasteiger partial charge < -0.3 is 17.3 Å². The first-order valence-corrected chi connectivity index (χ1v) is 2.70. The van der Waals surface area contributed by atoms with Gasteiger partial charge in [-0.25, -0.2) is 0 Å². The van der Waals surface area contributed by atoms with Crippen LogP contribution in [-0.4, -0.2) is 19.4 Å². The molecule has 0 aliphatic carbocycles. The summed E-state index contributed by atoms with van der Waals surface area (Å²) in [5, 5.41) is 0.